The molecule has 0 saturated carbocycles. The Bertz CT molecular complexity index is 472. The van der Waals surface area contributed by atoms with Crippen LogP contribution in [-0.2, 0) is 0 Å². The average molecular weight is 204 g/mol. The van der Waals surface area contributed by atoms with Crippen LogP contribution in [0.3, 0.4) is 0 Å². The van der Waals surface area contributed by atoms with Crippen LogP contribution in [0.15, 0.2) is 36.5 Å². The summed E-state index contributed by atoms with van der Waals surface area (Å²) in [5, 5.41) is 0. The van der Waals surface area contributed by atoms with Gasteiger partial charge in [0.05, 0.1) is 5.56 Å². The zero-order valence-corrected chi connectivity index (χ0v) is 7.81. The SMILES string of the molecule is NNc1ccnc(-c2ccccc2F)n1. The minimum Gasteiger partial charge on any atom is -0.308 e. The molecule has 76 valence electrons. The third kappa shape index (κ3) is 1.92. The number of nitrogens with two attached hydrogens (primary N) is 1. The van der Waals surface area contributed by atoms with Crippen molar-refractivity contribution in [2.24, 2.45) is 5.84 Å². The molecule has 1 aromatic carbocycles. The van der Waals surface area contributed by atoms with Crippen molar-refractivity contribution in [3.05, 3.63) is 42.3 Å². The summed E-state index contributed by atoms with van der Waals surface area (Å²) < 4.78 is 13.4. The van der Waals surface area contributed by atoms with Crippen LogP contribution in [0, 0.1) is 5.82 Å². The van der Waals surface area contributed by atoms with Gasteiger partial charge in [-0.25, -0.2) is 20.2 Å². The standard InChI is InChI=1S/C10H9FN4/c11-8-4-2-1-3-7(8)10-13-6-5-9(14-10)15-12/h1-6H,12H2,(H,13,14,15). The largest absolute Gasteiger partial charge is 0.308 e. The molecular formula is C10H9FN4. The predicted molar refractivity (Wildman–Crippen MR) is 55.2 cm³/mol. The number of hydrogen-bond acceptors (Lipinski definition) is 4. The number of benzene rings is 1. The summed E-state index contributed by atoms with van der Waals surface area (Å²) >= 11 is 0. The second kappa shape index (κ2) is 4.02. The Balaban J connectivity index is 2.49. The molecule has 5 heteroatoms. The molecule has 0 atom stereocenters. The fraction of sp³-hybridized carbons (Fsp3) is 0. The first-order valence-corrected chi connectivity index (χ1v) is 4.36. The number of hydrogen-bond donors (Lipinski definition) is 2. The van der Waals surface area contributed by atoms with Crippen LogP contribution in [-0.4, -0.2) is 9.97 Å². The molecule has 0 fully saturated rings. The molecule has 0 aliphatic rings. The lowest BCUT2D eigenvalue weighted by Crippen LogP contribution is -2.09. The number of rotatable bonds is 2. The van der Waals surface area contributed by atoms with Crippen LogP contribution >= 0.6 is 0 Å². The summed E-state index contributed by atoms with van der Waals surface area (Å²) in [6.07, 6.45) is 1.52. The Morgan fingerprint density at radius 3 is 2.73 bits per heavy atom. The second-order valence-electron chi connectivity index (χ2n) is 2.89. The van der Waals surface area contributed by atoms with Crippen molar-refractivity contribution >= 4 is 5.82 Å². The van der Waals surface area contributed by atoms with Crippen molar-refractivity contribution in [3.63, 3.8) is 0 Å². The maximum atomic E-state index is 13.4. The molecule has 4 nitrogen and oxygen atoms in total. The average Bonchev–Trinajstić information content (AvgIpc) is 2.30. The normalized spacial score (nSPS) is 10.0. The van der Waals surface area contributed by atoms with E-state index in [0.717, 1.165) is 0 Å². The number of nitrogens with one attached hydrogen (secondary N) is 1. The van der Waals surface area contributed by atoms with Gasteiger partial charge in [-0.05, 0) is 12.1 Å². The summed E-state index contributed by atoms with van der Waals surface area (Å²) in [6.45, 7) is 0. The van der Waals surface area contributed by atoms with E-state index < -0.39 is 0 Å². The maximum Gasteiger partial charge on any atom is 0.164 e. The van der Waals surface area contributed by atoms with Gasteiger partial charge < -0.3 is 5.43 Å². The quantitative estimate of drug-likeness (QED) is 0.575. The zero-order chi connectivity index (χ0) is 10.7. The third-order valence-electron chi connectivity index (χ3n) is 1.92. The number of hydrazine groups is 1. The summed E-state index contributed by atoms with van der Waals surface area (Å²) in [7, 11) is 0. The highest BCUT2D eigenvalue weighted by Gasteiger charge is 2.06. The molecule has 15 heavy (non-hydrogen) atoms. The van der Waals surface area contributed by atoms with E-state index in [0.29, 0.717) is 17.2 Å². The van der Waals surface area contributed by atoms with E-state index in [4.69, 9.17) is 5.84 Å². The number of anilines is 1. The lowest BCUT2D eigenvalue weighted by atomic mass is 10.2. The predicted octanol–water partition coefficient (Wildman–Crippen LogP) is 1.57. The molecule has 1 heterocycles. The molecule has 2 aromatic rings. The van der Waals surface area contributed by atoms with Crippen LogP contribution in [0.4, 0.5) is 10.2 Å². The van der Waals surface area contributed by atoms with Gasteiger partial charge in [-0.3, -0.25) is 0 Å². The van der Waals surface area contributed by atoms with Gasteiger partial charge in [-0.15, -0.1) is 0 Å². The number of halogens is 1. The van der Waals surface area contributed by atoms with Crippen LogP contribution in [0.5, 0.6) is 0 Å². The van der Waals surface area contributed by atoms with E-state index in [1.807, 2.05) is 0 Å². The molecule has 0 radical (unpaired) electrons. The Morgan fingerprint density at radius 1 is 1.20 bits per heavy atom. The van der Waals surface area contributed by atoms with Gasteiger partial charge in [0.15, 0.2) is 5.82 Å². The minimum absolute atomic E-state index is 0.309. The first-order chi connectivity index (χ1) is 7.31. The monoisotopic (exact) mass is 204 g/mol. The second-order valence-corrected chi connectivity index (χ2v) is 2.89. The molecule has 3 N–H and O–H groups in total. The van der Waals surface area contributed by atoms with Gasteiger partial charge in [0.1, 0.15) is 11.6 Å². The molecule has 1 aromatic heterocycles. The molecule has 0 amide bonds. The highest BCUT2D eigenvalue weighted by Crippen LogP contribution is 2.18. The Labute approximate surface area is 86.0 Å². The fourth-order valence-electron chi connectivity index (χ4n) is 1.21. The minimum atomic E-state index is -0.355. The van der Waals surface area contributed by atoms with Crippen molar-refractivity contribution in [1.29, 1.82) is 0 Å². The summed E-state index contributed by atoms with van der Waals surface area (Å²) in [5.74, 6) is 5.60. The van der Waals surface area contributed by atoms with Crippen molar-refractivity contribution in [1.82, 2.24) is 9.97 Å². The molecule has 0 aliphatic carbocycles. The highest BCUT2D eigenvalue weighted by molar-refractivity contribution is 5.57. The van der Waals surface area contributed by atoms with E-state index in [9.17, 15) is 4.39 Å². The van der Waals surface area contributed by atoms with E-state index in [1.54, 1.807) is 24.3 Å². The van der Waals surface area contributed by atoms with Crippen molar-refractivity contribution in [2.75, 3.05) is 5.43 Å². The van der Waals surface area contributed by atoms with Crippen LogP contribution in [0.1, 0.15) is 0 Å². The van der Waals surface area contributed by atoms with E-state index in [-0.39, 0.29) is 5.82 Å². The summed E-state index contributed by atoms with van der Waals surface area (Å²) in [5.41, 5.74) is 2.74. The van der Waals surface area contributed by atoms with Gasteiger partial charge in [-0.2, -0.15) is 0 Å². The topological polar surface area (TPSA) is 63.8 Å². The van der Waals surface area contributed by atoms with Gasteiger partial charge in [-0.1, -0.05) is 12.1 Å². The van der Waals surface area contributed by atoms with Crippen LogP contribution < -0.4 is 11.3 Å². The number of nitrogen functional groups attached to an aromatic ring is 1. The molecule has 0 spiro atoms. The lowest BCUT2D eigenvalue weighted by molar-refractivity contribution is 0.630. The van der Waals surface area contributed by atoms with Gasteiger partial charge in [0.25, 0.3) is 0 Å². The summed E-state index contributed by atoms with van der Waals surface area (Å²) in [6, 6.07) is 7.92. The van der Waals surface area contributed by atoms with E-state index in [2.05, 4.69) is 15.4 Å². The molecule has 2 rings (SSSR count). The van der Waals surface area contributed by atoms with Crippen molar-refractivity contribution < 1.29 is 4.39 Å². The zero-order valence-electron chi connectivity index (χ0n) is 7.81. The van der Waals surface area contributed by atoms with Crippen LogP contribution in [0.25, 0.3) is 11.4 Å². The fourth-order valence-corrected chi connectivity index (χ4v) is 1.21. The Morgan fingerprint density at radius 2 is 2.00 bits per heavy atom. The first-order valence-electron chi connectivity index (χ1n) is 4.36. The molecule has 0 aliphatic heterocycles. The smallest absolute Gasteiger partial charge is 0.164 e. The Kier molecular flexibility index (Phi) is 2.55. The number of nitrogens with zero attached hydrogens (tertiary/aromatic N) is 2. The maximum absolute atomic E-state index is 13.4. The van der Waals surface area contributed by atoms with Gasteiger partial charge >= 0.3 is 0 Å². The third-order valence-corrected chi connectivity index (χ3v) is 1.92. The summed E-state index contributed by atoms with van der Waals surface area (Å²) in [4.78, 5) is 8.01. The van der Waals surface area contributed by atoms with Crippen LogP contribution in [0.2, 0.25) is 0 Å². The number of aromatic nitrogens is 2. The molecule has 0 saturated heterocycles. The van der Waals surface area contributed by atoms with Crippen molar-refractivity contribution in [2.45, 2.75) is 0 Å². The van der Waals surface area contributed by atoms with Gasteiger partial charge in [0.2, 0.25) is 0 Å². The lowest BCUT2D eigenvalue weighted by Gasteiger charge is -2.03. The van der Waals surface area contributed by atoms with Gasteiger partial charge in [0, 0.05) is 12.3 Å². The molecular weight excluding hydrogens is 195 g/mol. The molecule has 0 bridgehead atoms. The molecule has 0 unspecified atom stereocenters. The Hall–Kier alpha value is -2.01. The van der Waals surface area contributed by atoms with E-state index >= 15 is 0 Å². The van der Waals surface area contributed by atoms with E-state index in [1.165, 1.54) is 12.3 Å². The van der Waals surface area contributed by atoms with Crippen molar-refractivity contribution in [3.8, 4) is 11.4 Å². The highest BCUT2D eigenvalue weighted by atomic mass is 19.1. The first kappa shape index (κ1) is 9.54.